The minimum absolute atomic E-state index is 0.569. The highest BCUT2D eigenvalue weighted by molar-refractivity contribution is 6.31. The van der Waals surface area contributed by atoms with Crippen LogP contribution in [0.3, 0.4) is 0 Å². The molecule has 0 aromatic heterocycles. The number of benzene rings is 1. The molecule has 0 aliphatic heterocycles. The highest BCUT2D eigenvalue weighted by atomic mass is 35.5. The second kappa shape index (κ2) is 7.48. The third kappa shape index (κ3) is 4.35. The van der Waals surface area contributed by atoms with Gasteiger partial charge in [-0.3, -0.25) is 0 Å². The first-order valence-corrected chi connectivity index (χ1v) is 8.20. The molecule has 0 amide bonds. The lowest BCUT2D eigenvalue weighted by molar-refractivity contribution is -0.00884. The van der Waals surface area contributed by atoms with E-state index < -0.39 is 5.60 Å². The molecular formula is C17H26ClNO2. The van der Waals surface area contributed by atoms with Gasteiger partial charge >= 0.3 is 0 Å². The normalized spacial score (nSPS) is 25.8. The summed E-state index contributed by atoms with van der Waals surface area (Å²) in [6, 6.07) is 5.65. The SMILES string of the molecule is CCC1CCC(O)(CNCc2c(Cl)cccc2OC)CC1. The van der Waals surface area contributed by atoms with E-state index in [1.165, 1.54) is 6.42 Å². The molecule has 1 fully saturated rings. The topological polar surface area (TPSA) is 41.5 Å². The van der Waals surface area contributed by atoms with Gasteiger partial charge in [-0.25, -0.2) is 0 Å². The summed E-state index contributed by atoms with van der Waals surface area (Å²) < 4.78 is 5.34. The van der Waals surface area contributed by atoms with Gasteiger partial charge in [-0.2, -0.15) is 0 Å². The second-order valence-electron chi connectivity index (χ2n) is 6.10. The van der Waals surface area contributed by atoms with E-state index in [4.69, 9.17) is 16.3 Å². The van der Waals surface area contributed by atoms with Crippen LogP contribution in [-0.4, -0.2) is 24.4 Å². The Morgan fingerprint density at radius 2 is 2.10 bits per heavy atom. The fourth-order valence-corrected chi connectivity index (χ4v) is 3.35. The third-order valence-corrected chi connectivity index (χ3v) is 5.02. The first-order valence-electron chi connectivity index (χ1n) is 7.82. The fraction of sp³-hybridized carbons (Fsp3) is 0.647. The zero-order chi connectivity index (χ0) is 15.3. The Morgan fingerprint density at radius 1 is 1.38 bits per heavy atom. The average Bonchev–Trinajstić information content (AvgIpc) is 2.49. The van der Waals surface area contributed by atoms with Crippen LogP contribution in [-0.2, 0) is 6.54 Å². The van der Waals surface area contributed by atoms with Crippen LogP contribution >= 0.6 is 11.6 Å². The summed E-state index contributed by atoms with van der Waals surface area (Å²) in [4.78, 5) is 0. The molecule has 1 aliphatic rings. The molecule has 1 aromatic carbocycles. The Hall–Kier alpha value is -0.770. The molecule has 0 atom stereocenters. The van der Waals surface area contributed by atoms with E-state index in [-0.39, 0.29) is 0 Å². The lowest BCUT2D eigenvalue weighted by Crippen LogP contribution is -2.43. The van der Waals surface area contributed by atoms with Crippen LogP contribution in [0.25, 0.3) is 0 Å². The maximum atomic E-state index is 10.6. The van der Waals surface area contributed by atoms with Crippen molar-refractivity contribution in [3.8, 4) is 5.75 Å². The Labute approximate surface area is 132 Å². The smallest absolute Gasteiger partial charge is 0.124 e. The Kier molecular flexibility index (Phi) is 5.91. The van der Waals surface area contributed by atoms with Crippen molar-refractivity contribution in [3.05, 3.63) is 28.8 Å². The van der Waals surface area contributed by atoms with E-state index in [1.807, 2.05) is 18.2 Å². The molecule has 3 nitrogen and oxygen atoms in total. The molecule has 4 heteroatoms. The molecule has 0 unspecified atom stereocenters. The van der Waals surface area contributed by atoms with E-state index in [2.05, 4.69) is 12.2 Å². The van der Waals surface area contributed by atoms with Gasteiger partial charge in [0.2, 0.25) is 0 Å². The molecule has 0 spiro atoms. The number of aliphatic hydroxyl groups is 1. The van der Waals surface area contributed by atoms with Gasteiger partial charge in [-0.05, 0) is 43.7 Å². The zero-order valence-corrected chi connectivity index (χ0v) is 13.7. The van der Waals surface area contributed by atoms with Gasteiger partial charge in [0, 0.05) is 23.7 Å². The average molecular weight is 312 g/mol. The van der Waals surface area contributed by atoms with Crippen LogP contribution < -0.4 is 10.1 Å². The molecular weight excluding hydrogens is 286 g/mol. The van der Waals surface area contributed by atoms with Gasteiger partial charge in [0.1, 0.15) is 5.75 Å². The summed E-state index contributed by atoms with van der Waals surface area (Å²) in [6.07, 6.45) is 5.25. The van der Waals surface area contributed by atoms with Gasteiger partial charge < -0.3 is 15.2 Å². The van der Waals surface area contributed by atoms with Crippen molar-refractivity contribution < 1.29 is 9.84 Å². The van der Waals surface area contributed by atoms with Crippen molar-refractivity contribution in [2.45, 2.75) is 51.2 Å². The van der Waals surface area contributed by atoms with Crippen LogP contribution in [0.15, 0.2) is 18.2 Å². The molecule has 2 N–H and O–H groups in total. The Morgan fingerprint density at radius 3 is 2.71 bits per heavy atom. The Bertz CT molecular complexity index is 456. The lowest BCUT2D eigenvalue weighted by Gasteiger charge is -2.36. The van der Waals surface area contributed by atoms with Crippen molar-refractivity contribution in [3.63, 3.8) is 0 Å². The number of halogens is 1. The van der Waals surface area contributed by atoms with Gasteiger partial charge in [-0.15, -0.1) is 0 Å². The van der Waals surface area contributed by atoms with Crippen molar-refractivity contribution in [2.75, 3.05) is 13.7 Å². The van der Waals surface area contributed by atoms with Crippen LogP contribution in [0.4, 0.5) is 0 Å². The highest BCUT2D eigenvalue weighted by Crippen LogP contribution is 2.33. The van der Waals surface area contributed by atoms with Crippen molar-refractivity contribution >= 4 is 11.6 Å². The van der Waals surface area contributed by atoms with E-state index in [9.17, 15) is 5.11 Å². The van der Waals surface area contributed by atoms with E-state index >= 15 is 0 Å². The number of hydrogen-bond donors (Lipinski definition) is 2. The molecule has 1 aliphatic carbocycles. The molecule has 0 radical (unpaired) electrons. The summed E-state index contributed by atoms with van der Waals surface area (Å²) in [5, 5.41) is 14.7. The van der Waals surface area contributed by atoms with Crippen LogP contribution in [0.1, 0.15) is 44.6 Å². The summed E-state index contributed by atoms with van der Waals surface area (Å²) in [5.74, 6) is 1.57. The molecule has 2 rings (SSSR count). The van der Waals surface area contributed by atoms with Crippen LogP contribution in [0.2, 0.25) is 5.02 Å². The van der Waals surface area contributed by atoms with E-state index in [1.54, 1.807) is 7.11 Å². The standard InChI is InChI=1S/C17H26ClNO2/c1-3-13-7-9-17(20,10-8-13)12-19-11-14-15(18)5-4-6-16(14)21-2/h4-6,13,19-20H,3,7-12H2,1-2H3. The summed E-state index contributed by atoms with van der Waals surface area (Å²) >= 11 is 6.22. The number of methoxy groups -OCH3 is 1. The Balaban J connectivity index is 1.87. The van der Waals surface area contributed by atoms with Gasteiger partial charge in [-0.1, -0.05) is 31.0 Å². The molecule has 1 saturated carbocycles. The molecule has 0 saturated heterocycles. The summed E-state index contributed by atoms with van der Waals surface area (Å²) in [6.45, 7) is 3.46. The number of nitrogens with one attached hydrogen (secondary N) is 1. The quantitative estimate of drug-likeness (QED) is 0.840. The van der Waals surface area contributed by atoms with Gasteiger partial charge in [0.25, 0.3) is 0 Å². The van der Waals surface area contributed by atoms with Gasteiger partial charge in [0.15, 0.2) is 0 Å². The van der Waals surface area contributed by atoms with Crippen LogP contribution in [0, 0.1) is 5.92 Å². The first kappa shape index (κ1) is 16.6. The monoisotopic (exact) mass is 311 g/mol. The maximum Gasteiger partial charge on any atom is 0.124 e. The molecule has 21 heavy (non-hydrogen) atoms. The molecule has 1 aromatic rings. The predicted octanol–water partition coefficient (Wildman–Crippen LogP) is 3.77. The van der Waals surface area contributed by atoms with E-state index in [0.29, 0.717) is 18.1 Å². The molecule has 118 valence electrons. The lowest BCUT2D eigenvalue weighted by atomic mass is 9.78. The first-order chi connectivity index (χ1) is 10.1. The second-order valence-corrected chi connectivity index (χ2v) is 6.51. The third-order valence-electron chi connectivity index (χ3n) is 4.66. The molecule has 0 bridgehead atoms. The van der Waals surface area contributed by atoms with Crippen LogP contribution in [0.5, 0.6) is 5.75 Å². The fourth-order valence-electron chi connectivity index (χ4n) is 3.12. The minimum atomic E-state index is -0.569. The highest BCUT2D eigenvalue weighted by Gasteiger charge is 2.32. The predicted molar refractivity (Wildman–Crippen MR) is 86.9 cm³/mol. The number of ether oxygens (including phenoxy) is 1. The van der Waals surface area contributed by atoms with Gasteiger partial charge in [0.05, 0.1) is 12.7 Å². The maximum absolute atomic E-state index is 10.6. The molecule has 0 heterocycles. The summed E-state index contributed by atoms with van der Waals surface area (Å²) in [7, 11) is 1.65. The van der Waals surface area contributed by atoms with Crippen molar-refractivity contribution in [2.24, 2.45) is 5.92 Å². The summed E-state index contributed by atoms with van der Waals surface area (Å²) in [5.41, 5.74) is 0.382. The zero-order valence-electron chi connectivity index (χ0n) is 13.0. The van der Waals surface area contributed by atoms with Crippen molar-refractivity contribution in [1.29, 1.82) is 0 Å². The van der Waals surface area contributed by atoms with Crippen molar-refractivity contribution in [1.82, 2.24) is 5.32 Å². The minimum Gasteiger partial charge on any atom is -0.496 e. The number of hydrogen-bond acceptors (Lipinski definition) is 3. The largest absolute Gasteiger partial charge is 0.496 e. The van der Waals surface area contributed by atoms with E-state index in [0.717, 1.165) is 42.9 Å². The number of rotatable bonds is 6.